The van der Waals surface area contributed by atoms with Crippen LogP contribution in [-0.2, 0) is 11.2 Å². The third kappa shape index (κ3) is 5.03. The number of hydrogen-bond acceptors (Lipinski definition) is 5. The topological polar surface area (TPSA) is 92.9 Å². The quantitative estimate of drug-likeness (QED) is 0.703. The van der Waals surface area contributed by atoms with Crippen LogP contribution in [0.15, 0.2) is 0 Å². The lowest BCUT2D eigenvalue weighted by molar-refractivity contribution is -0.120. The summed E-state index contributed by atoms with van der Waals surface area (Å²) in [5.74, 6) is 2.42. The lowest BCUT2D eigenvalue weighted by Crippen LogP contribution is -2.28. The van der Waals surface area contributed by atoms with Crippen LogP contribution in [0.2, 0.25) is 0 Å². The Morgan fingerprint density at radius 1 is 1.35 bits per heavy atom. The second-order valence-electron chi connectivity index (χ2n) is 5.23. The molecule has 0 bridgehead atoms. The first-order valence-electron chi connectivity index (χ1n) is 7.07. The molecule has 0 spiro atoms. The summed E-state index contributed by atoms with van der Waals surface area (Å²) in [6, 6.07) is 0. The van der Waals surface area contributed by atoms with Crippen LogP contribution in [0.4, 0.5) is 11.6 Å². The molecule has 0 unspecified atom stereocenters. The molecule has 0 saturated carbocycles. The Hall–Kier alpha value is -1.85. The van der Waals surface area contributed by atoms with Gasteiger partial charge in [-0.25, -0.2) is 9.97 Å². The molecule has 4 N–H and O–H groups in total. The zero-order chi connectivity index (χ0) is 15.1. The monoisotopic (exact) mass is 279 g/mol. The van der Waals surface area contributed by atoms with E-state index in [0.717, 1.165) is 12.0 Å². The molecule has 6 heteroatoms. The van der Waals surface area contributed by atoms with Crippen LogP contribution in [-0.4, -0.2) is 29.0 Å². The standard InChI is InChI=1S/C14H25N5O/c1-5-11-18-13(15)10(4)14(19-11)16-7-6-12(20)17-8-9(2)3/h9H,5-8H2,1-4H3,(H,17,20)(H3,15,16,18,19). The second kappa shape index (κ2) is 7.67. The number of amides is 1. The molecule has 1 aromatic heterocycles. The highest BCUT2D eigenvalue weighted by Gasteiger charge is 2.08. The molecule has 1 rings (SSSR count). The van der Waals surface area contributed by atoms with Crippen molar-refractivity contribution in [3.05, 3.63) is 11.4 Å². The van der Waals surface area contributed by atoms with Crippen LogP contribution in [0.5, 0.6) is 0 Å². The van der Waals surface area contributed by atoms with E-state index in [9.17, 15) is 4.79 Å². The molecule has 1 heterocycles. The second-order valence-corrected chi connectivity index (χ2v) is 5.23. The van der Waals surface area contributed by atoms with E-state index in [1.54, 1.807) is 0 Å². The summed E-state index contributed by atoms with van der Waals surface area (Å²) in [6.45, 7) is 9.22. The summed E-state index contributed by atoms with van der Waals surface area (Å²) in [6.07, 6.45) is 1.14. The number of rotatable bonds is 7. The van der Waals surface area contributed by atoms with E-state index in [0.29, 0.717) is 42.9 Å². The SMILES string of the molecule is CCc1nc(N)c(C)c(NCCC(=O)NCC(C)C)n1. The Kier molecular flexibility index (Phi) is 6.21. The fourth-order valence-electron chi connectivity index (χ4n) is 1.61. The molecule has 1 amide bonds. The van der Waals surface area contributed by atoms with Crippen LogP contribution in [0.1, 0.15) is 38.6 Å². The van der Waals surface area contributed by atoms with Gasteiger partial charge in [-0.3, -0.25) is 4.79 Å². The maximum atomic E-state index is 11.6. The van der Waals surface area contributed by atoms with Crippen LogP contribution in [0.25, 0.3) is 0 Å². The molecule has 0 aromatic carbocycles. The minimum atomic E-state index is 0.0431. The van der Waals surface area contributed by atoms with Crippen LogP contribution < -0.4 is 16.4 Å². The van der Waals surface area contributed by atoms with Gasteiger partial charge in [0.2, 0.25) is 5.91 Å². The molecule has 0 saturated heterocycles. The van der Waals surface area contributed by atoms with Gasteiger partial charge >= 0.3 is 0 Å². The van der Waals surface area contributed by atoms with E-state index in [1.165, 1.54) is 0 Å². The zero-order valence-electron chi connectivity index (χ0n) is 12.8. The minimum absolute atomic E-state index is 0.0431. The van der Waals surface area contributed by atoms with E-state index in [-0.39, 0.29) is 5.91 Å². The molecule has 1 aromatic rings. The number of nitrogens with two attached hydrogens (primary N) is 1. The molecule has 0 radical (unpaired) electrons. The first kappa shape index (κ1) is 16.2. The highest BCUT2D eigenvalue weighted by Crippen LogP contribution is 2.17. The van der Waals surface area contributed by atoms with Crippen molar-refractivity contribution in [1.82, 2.24) is 15.3 Å². The Labute approximate surface area is 120 Å². The van der Waals surface area contributed by atoms with Gasteiger partial charge in [-0.1, -0.05) is 20.8 Å². The van der Waals surface area contributed by atoms with Crippen molar-refractivity contribution >= 4 is 17.5 Å². The van der Waals surface area contributed by atoms with Crippen molar-refractivity contribution in [2.24, 2.45) is 5.92 Å². The maximum Gasteiger partial charge on any atom is 0.221 e. The lowest BCUT2D eigenvalue weighted by Gasteiger charge is -2.12. The zero-order valence-corrected chi connectivity index (χ0v) is 12.8. The number of aryl methyl sites for hydroxylation is 1. The summed E-state index contributed by atoms with van der Waals surface area (Å²) < 4.78 is 0. The van der Waals surface area contributed by atoms with Gasteiger partial charge in [0.25, 0.3) is 0 Å². The molecule has 0 fully saturated rings. The Morgan fingerprint density at radius 3 is 2.65 bits per heavy atom. The number of hydrogen-bond donors (Lipinski definition) is 3. The first-order chi connectivity index (χ1) is 9.43. The number of carbonyl (C=O) groups excluding carboxylic acids is 1. The highest BCUT2D eigenvalue weighted by atomic mass is 16.1. The van der Waals surface area contributed by atoms with Crippen molar-refractivity contribution in [2.75, 3.05) is 24.1 Å². The van der Waals surface area contributed by atoms with Gasteiger partial charge in [-0.2, -0.15) is 0 Å². The van der Waals surface area contributed by atoms with Crippen molar-refractivity contribution in [3.63, 3.8) is 0 Å². The van der Waals surface area contributed by atoms with Crippen LogP contribution in [0.3, 0.4) is 0 Å². The largest absolute Gasteiger partial charge is 0.383 e. The van der Waals surface area contributed by atoms with Gasteiger partial charge in [0, 0.05) is 31.5 Å². The van der Waals surface area contributed by atoms with E-state index >= 15 is 0 Å². The smallest absolute Gasteiger partial charge is 0.221 e. The van der Waals surface area contributed by atoms with E-state index in [2.05, 4.69) is 34.4 Å². The minimum Gasteiger partial charge on any atom is -0.383 e. The molecular weight excluding hydrogens is 254 g/mol. The van der Waals surface area contributed by atoms with Crippen LogP contribution >= 0.6 is 0 Å². The van der Waals surface area contributed by atoms with Crippen LogP contribution in [0, 0.1) is 12.8 Å². The molecule has 6 nitrogen and oxygen atoms in total. The number of aromatic nitrogens is 2. The third-order valence-electron chi connectivity index (χ3n) is 2.90. The molecule has 0 aliphatic heterocycles. The highest BCUT2D eigenvalue weighted by molar-refractivity contribution is 5.76. The number of nitrogens with one attached hydrogen (secondary N) is 2. The van der Waals surface area contributed by atoms with E-state index < -0.39 is 0 Å². The third-order valence-corrected chi connectivity index (χ3v) is 2.90. The fraction of sp³-hybridized carbons (Fsp3) is 0.643. The summed E-state index contributed by atoms with van der Waals surface area (Å²) in [7, 11) is 0. The summed E-state index contributed by atoms with van der Waals surface area (Å²) in [5.41, 5.74) is 6.66. The van der Waals surface area contributed by atoms with Gasteiger partial charge in [-0.05, 0) is 12.8 Å². The molecule has 0 aliphatic carbocycles. The van der Waals surface area contributed by atoms with E-state index in [4.69, 9.17) is 5.73 Å². The average Bonchev–Trinajstić information content (AvgIpc) is 2.40. The number of anilines is 2. The molecule has 20 heavy (non-hydrogen) atoms. The van der Waals surface area contributed by atoms with Gasteiger partial charge in [-0.15, -0.1) is 0 Å². The molecule has 0 atom stereocenters. The van der Waals surface area contributed by atoms with Crippen molar-refractivity contribution < 1.29 is 4.79 Å². The Balaban J connectivity index is 2.49. The van der Waals surface area contributed by atoms with Gasteiger partial charge in [0.05, 0.1) is 0 Å². The predicted molar refractivity (Wildman–Crippen MR) is 81.5 cm³/mol. The first-order valence-corrected chi connectivity index (χ1v) is 7.07. The molecule has 0 aliphatic rings. The van der Waals surface area contributed by atoms with Gasteiger partial charge in [0.15, 0.2) is 0 Å². The van der Waals surface area contributed by atoms with Crippen molar-refractivity contribution in [1.29, 1.82) is 0 Å². The van der Waals surface area contributed by atoms with Gasteiger partial charge in [0.1, 0.15) is 17.5 Å². The van der Waals surface area contributed by atoms with Crippen molar-refractivity contribution in [2.45, 2.75) is 40.5 Å². The summed E-state index contributed by atoms with van der Waals surface area (Å²) in [5, 5.41) is 6.04. The average molecular weight is 279 g/mol. The normalized spacial score (nSPS) is 10.7. The fourth-order valence-corrected chi connectivity index (χ4v) is 1.61. The Morgan fingerprint density at radius 2 is 2.05 bits per heavy atom. The molecular formula is C14H25N5O. The van der Waals surface area contributed by atoms with Crippen molar-refractivity contribution in [3.8, 4) is 0 Å². The lowest BCUT2D eigenvalue weighted by atomic mass is 10.2. The summed E-state index contributed by atoms with van der Waals surface area (Å²) >= 11 is 0. The Bertz CT molecular complexity index is 459. The number of carbonyl (C=O) groups is 1. The molecule has 112 valence electrons. The number of nitrogens with zero attached hydrogens (tertiary/aromatic N) is 2. The van der Waals surface area contributed by atoms with Gasteiger partial charge < -0.3 is 16.4 Å². The number of nitrogen functional groups attached to an aromatic ring is 1. The van der Waals surface area contributed by atoms with E-state index in [1.807, 2.05) is 13.8 Å². The summed E-state index contributed by atoms with van der Waals surface area (Å²) in [4.78, 5) is 20.2. The predicted octanol–water partition coefficient (Wildman–Crippen LogP) is 1.50. The maximum absolute atomic E-state index is 11.6.